The maximum absolute atomic E-state index is 12.0. The van der Waals surface area contributed by atoms with Crippen LogP contribution in [-0.2, 0) is 9.59 Å². The van der Waals surface area contributed by atoms with E-state index in [9.17, 15) is 14.7 Å². The number of hydrogen-bond donors (Lipinski definition) is 2. The fraction of sp³-hybridized carbons (Fsp3) is 0.833. The molecular formula is C12H21N3O3. The van der Waals surface area contributed by atoms with Gasteiger partial charge in [-0.15, -0.1) is 0 Å². The molecule has 0 aromatic carbocycles. The number of carbonyl (C=O) groups is 2. The Labute approximate surface area is 107 Å². The van der Waals surface area contributed by atoms with Gasteiger partial charge in [-0.2, -0.15) is 0 Å². The van der Waals surface area contributed by atoms with E-state index in [0.717, 1.165) is 13.1 Å². The molecule has 18 heavy (non-hydrogen) atoms. The number of hydrogen-bond acceptors (Lipinski definition) is 4. The fourth-order valence-corrected chi connectivity index (χ4v) is 2.65. The van der Waals surface area contributed by atoms with Crippen molar-refractivity contribution in [3.8, 4) is 0 Å². The lowest BCUT2D eigenvalue weighted by Gasteiger charge is -2.28. The minimum absolute atomic E-state index is 0.00985. The Kier molecular flexibility index (Phi) is 4.19. The SMILES string of the molecule is C[C@@H]1CN(CC(=O)N2CCNC(=O)C2)C[C@H]1CO. The van der Waals surface area contributed by atoms with Gasteiger partial charge in [0.15, 0.2) is 0 Å². The average Bonchev–Trinajstić information content (AvgIpc) is 2.69. The monoisotopic (exact) mass is 255 g/mol. The van der Waals surface area contributed by atoms with Gasteiger partial charge < -0.3 is 15.3 Å². The summed E-state index contributed by atoms with van der Waals surface area (Å²) in [5, 5.41) is 11.9. The summed E-state index contributed by atoms with van der Waals surface area (Å²) in [6, 6.07) is 0. The summed E-state index contributed by atoms with van der Waals surface area (Å²) in [5.41, 5.74) is 0. The Morgan fingerprint density at radius 1 is 1.50 bits per heavy atom. The summed E-state index contributed by atoms with van der Waals surface area (Å²) in [6.07, 6.45) is 0. The first-order valence-corrected chi connectivity index (χ1v) is 6.48. The van der Waals surface area contributed by atoms with Crippen molar-refractivity contribution in [3.63, 3.8) is 0 Å². The number of amides is 2. The Balaban J connectivity index is 1.82. The molecule has 2 fully saturated rings. The summed E-state index contributed by atoms with van der Waals surface area (Å²) in [4.78, 5) is 26.9. The zero-order chi connectivity index (χ0) is 13.1. The van der Waals surface area contributed by atoms with E-state index in [1.807, 2.05) is 0 Å². The predicted octanol–water partition coefficient (Wildman–Crippen LogP) is -1.49. The van der Waals surface area contributed by atoms with Crippen LogP contribution in [0.3, 0.4) is 0 Å². The van der Waals surface area contributed by atoms with Crippen LogP contribution in [0.2, 0.25) is 0 Å². The lowest BCUT2D eigenvalue weighted by molar-refractivity contribution is -0.138. The van der Waals surface area contributed by atoms with E-state index in [4.69, 9.17) is 0 Å². The summed E-state index contributed by atoms with van der Waals surface area (Å²) in [7, 11) is 0. The van der Waals surface area contributed by atoms with Crippen molar-refractivity contribution in [2.24, 2.45) is 11.8 Å². The highest BCUT2D eigenvalue weighted by Crippen LogP contribution is 2.22. The van der Waals surface area contributed by atoms with Crippen molar-refractivity contribution in [1.29, 1.82) is 0 Å². The molecular weight excluding hydrogens is 234 g/mol. The number of nitrogens with zero attached hydrogens (tertiary/aromatic N) is 2. The van der Waals surface area contributed by atoms with Gasteiger partial charge in [-0.3, -0.25) is 14.5 Å². The third-order valence-corrected chi connectivity index (χ3v) is 3.83. The zero-order valence-electron chi connectivity index (χ0n) is 10.8. The van der Waals surface area contributed by atoms with Crippen LogP contribution in [0, 0.1) is 11.8 Å². The maximum Gasteiger partial charge on any atom is 0.239 e. The second-order valence-corrected chi connectivity index (χ2v) is 5.28. The van der Waals surface area contributed by atoms with Crippen LogP contribution in [-0.4, -0.2) is 72.6 Å². The summed E-state index contributed by atoms with van der Waals surface area (Å²) in [5.74, 6) is 0.614. The molecule has 0 aromatic heterocycles. The minimum atomic E-state index is -0.0855. The molecule has 0 unspecified atom stereocenters. The van der Waals surface area contributed by atoms with Crippen LogP contribution >= 0.6 is 0 Å². The molecule has 2 aliphatic heterocycles. The zero-order valence-corrected chi connectivity index (χ0v) is 10.8. The molecule has 0 spiro atoms. The lowest BCUT2D eigenvalue weighted by atomic mass is 10.00. The van der Waals surface area contributed by atoms with Gasteiger partial charge in [-0.25, -0.2) is 0 Å². The number of nitrogens with one attached hydrogen (secondary N) is 1. The van der Waals surface area contributed by atoms with Crippen molar-refractivity contribution in [1.82, 2.24) is 15.1 Å². The van der Waals surface area contributed by atoms with Gasteiger partial charge in [0, 0.05) is 32.8 Å². The normalized spacial score (nSPS) is 29.4. The van der Waals surface area contributed by atoms with E-state index >= 15 is 0 Å². The highest BCUT2D eigenvalue weighted by Gasteiger charge is 2.31. The number of carbonyl (C=O) groups excluding carboxylic acids is 2. The van der Waals surface area contributed by atoms with E-state index in [1.165, 1.54) is 0 Å². The standard InChI is InChI=1S/C12H21N3O3/c1-9-4-14(5-10(9)8-16)7-12(18)15-3-2-13-11(17)6-15/h9-10,16H,2-8H2,1H3,(H,13,17)/t9-,10+/m1/s1. The first-order valence-electron chi connectivity index (χ1n) is 6.48. The Morgan fingerprint density at radius 2 is 2.28 bits per heavy atom. The van der Waals surface area contributed by atoms with E-state index < -0.39 is 0 Å². The smallest absolute Gasteiger partial charge is 0.239 e. The maximum atomic E-state index is 12.0. The summed E-state index contributed by atoms with van der Waals surface area (Å²) >= 11 is 0. The second kappa shape index (κ2) is 5.67. The molecule has 0 saturated carbocycles. The molecule has 2 heterocycles. The molecule has 2 aliphatic rings. The molecule has 102 valence electrons. The van der Waals surface area contributed by atoms with Crippen LogP contribution in [0.25, 0.3) is 0 Å². The van der Waals surface area contributed by atoms with Crippen molar-refractivity contribution in [2.45, 2.75) is 6.92 Å². The van der Waals surface area contributed by atoms with Crippen molar-refractivity contribution in [2.75, 3.05) is 45.9 Å². The highest BCUT2D eigenvalue weighted by atomic mass is 16.3. The highest BCUT2D eigenvalue weighted by molar-refractivity contribution is 5.86. The van der Waals surface area contributed by atoms with Gasteiger partial charge >= 0.3 is 0 Å². The molecule has 2 amide bonds. The van der Waals surface area contributed by atoms with Gasteiger partial charge in [0.25, 0.3) is 0 Å². The first-order chi connectivity index (χ1) is 8.60. The molecule has 0 aromatic rings. The van der Waals surface area contributed by atoms with E-state index in [1.54, 1.807) is 4.90 Å². The molecule has 2 rings (SSSR count). The molecule has 6 nitrogen and oxygen atoms in total. The van der Waals surface area contributed by atoms with Crippen molar-refractivity contribution >= 4 is 11.8 Å². The number of aliphatic hydroxyl groups is 1. The second-order valence-electron chi connectivity index (χ2n) is 5.28. The quantitative estimate of drug-likeness (QED) is 0.644. The van der Waals surface area contributed by atoms with Gasteiger partial charge in [0.1, 0.15) is 0 Å². The largest absolute Gasteiger partial charge is 0.396 e. The number of likely N-dealkylation sites (tertiary alicyclic amines) is 1. The average molecular weight is 255 g/mol. The first kappa shape index (κ1) is 13.3. The summed E-state index contributed by atoms with van der Waals surface area (Å²) < 4.78 is 0. The van der Waals surface area contributed by atoms with Crippen LogP contribution < -0.4 is 5.32 Å². The molecule has 0 radical (unpaired) electrons. The van der Waals surface area contributed by atoms with Crippen LogP contribution in [0.4, 0.5) is 0 Å². The van der Waals surface area contributed by atoms with Gasteiger partial charge in [0.05, 0.1) is 13.1 Å². The number of rotatable bonds is 3. The van der Waals surface area contributed by atoms with E-state index in [2.05, 4.69) is 17.1 Å². The van der Waals surface area contributed by atoms with Crippen LogP contribution in [0.5, 0.6) is 0 Å². The van der Waals surface area contributed by atoms with Gasteiger partial charge in [0.2, 0.25) is 11.8 Å². The number of piperazine rings is 1. The van der Waals surface area contributed by atoms with Crippen molar-refractivity contribution in [3.05, 3.63) is 0 Å². The Morgan fingerprint density at radius 3 is 2.89 bits per heavy atom. The third-order valence-electron chi connectivity index (χ3n) is 3.83. The van der Waals surface area contributed by atoms with Crippen molar-refractivity contribution < 1.29 is 14.7 Å². The third kappa shape index (κ3) is 3.00. The van der Waals surface area contributed by atoms with Gasteiger partial charge in [-0.05, 0) is 11.8 Å². The van der Waals surface area contributed by atoms with Crippen LogP contribution in [0.15, 0.2) is 0 Å². The lowest BCUT2D eigenvalue weighted by Crippen LogP contribution is -2.52. The molecule has 2 saturated heterocycles. The van der Waals surface area contributed by atoms with E-state index in [-0.39, 0.29) is 30.9 Å². The molecule has 2 atom stereocenters. The molecule has 0 aliphatic carbocycles. The number of aliphatic hydroxyl groups excluding tert-OH is 1. The van der Waals surface area contributed by atoms with Crippen LogP contribution in [0.1, 0.15) is 6.92 Å². The Bertz CT molecular complexity index is 335. The predicted molar refractivity (Wildman–Crippen MR) is 65.8 cm³/mol. The topological polar surface area (TPSA) is 72.9 Å². The molecule has 0 bridgehead atoms. The van der Waals surface area contributed by atoms with E-state index in [0.29, 0.717) is 25.6 Å². The fourth-order valence-electron chi connectivity index (χ4n) is 2.65. The molecule has 2 N–H and O–H groups in total. The molecule has 6 heteroatoms. The minimum Gasteiger partial charge on any atom is -0.396 e. The van der Waals surface area contributed by atoms with Gasteiger partial charge in [-0.1, -0.05) is 6.92 Å². The Hall–Kier alpha value is -1.14. The summed E-state index contributed by atoms with van der Waals surface area (Å²) in [6.45, 7) is 5.55.